The summed E-state index contributed by atoms with van der Waals surface area (Å²) in [5.74, 6) is -0.179. The summed E-state index contributed by atoms with van der Waals surface area (Å²) in [6.45, 7) is 4.51. The highest BCUT2D eigenvalue weighted by molar-refractivity contribution is 6.09. The van der Waals surface area contributed by atoms with Crippen molar-refractivity contribution >= 4 is 17.5 Å². The minimum atomic E-state index is -0.579. The molecule has 2 amide bonds. The van der Waals surface area contributed by atoms with Crippen molar-refractivity contribution in [2.75, 3.05) is 18.6 Å². The van der Waals surface area contributed by atoms with Crippen LogP contribution in [-0.2, 0) is 9.59 Å². The molecule has 0 unspecified atom stereocenters. The molecule has 0 bridgehead atoms. The number of amides is 2. The van der Waals surface area contributed by atoms with Gasteiger partial charge < -0.3 is 15.0 Å². The Labute approximate surface area is 125 Å². The molecule has 0 aliphatic carbocycles. The quantitative estimate of drug-likeness (QED) is 0.843. The Bertz CT molecular complexity index is 530. The first-order chi connectivity index (χ1) is 10.1. The van der Waals surface area contributed by atoms with E-state index in [0.29, 0.717) is 18.7 Å². The lowest BCUT2D eigenvalue weighted by Crippen LogP contribution is -2.40. The zero-order valence-electron chi connectivity index (χ0n) is 12.8. The lowest BCUT2D eigenvalue weighted by Gasteiger charge is -2.18. The van der Waals surface area contributed by atoms with Gasteiger partial charge in [-0.15, -0.1) is 0 Å². The number of methoxy groups -OCH3 is 1. The highest BCUT2D eigenvalue weighted by atomic mass is 16.5. The van der Waals surface area contributed by atoms with Crippen molar-refractivity contribution in [3.63, 3.8) is 0 Å². The van der Waals surface area contributed by atoms with Gasteiger partial charge in [-0.2, -0.15) is 0 Å². The zero-order valence-corrected chi connectivity index (χ0v) is 12.8. The average molecular weight is 290 g/mol. The van der Waals surface area contributed by atoms with E-state index in [2.05, 4.69) is 5.32 Å². The predicted octanol–water partition coefficient (Wildman–Crippen LogP) is 1.96. The summed E-state index contributed by atoms with van der Waals surface area (Å²) in [6, 6.07) is 7.43. The summed E-state index contributed by atoms with van der Waals surface area (Å²) < 4.78 is 5.17. The second kappa shape index (κ2) is 6.61. The fourth-order valence-corrected chi connectivity index (χ4v) is 2.40. The molecule has 1 aliphatic heterocycles. The Morgan fingerprint density at radius 2 is 2.29 bits per heavy atom. The molecule has 0 radical (unpaired) electrons. The molecule has 114 valence electrons. The lowest BCUT2D eigenvalue weighted by atomic mass is 10.1. The van der Waals surface area contributed by atoms with E-state index >= 15 is 0 Å². The number of carbonyl (C=O) groups is 2. The molecule has 21 heavy (non-hydrogen) atoms. The van der Waals surface area contributed by atoms with Gasteiger partial charge in [0, 0.05) is 24.3 Å². The zero-order chi connectivity index (χ0) is 15.4. The number of ether oxygens (including phenoxy) is 1. The van der Waals surface area contributed by atoms with Gasteiger partial charge >= 0.3 is 0 Å². The molecule has 2 atom stereocenters. The van der Waals surface area contributed by atoms with Gasteiger partial charge in [0.05, 0.1) is 7.11 Å². The van der Waals surface area contributed by atoms with Crippen molar-refractivity contribution in [2.24, 2.45) is 5.92 Å². The average Bonchev–Trinajstić information content (AvgIpc) is 2.88. The first-order valence-corrected chi connectivity index (χ1v) is 7.32. The predicted molar refractivity (Wildman–Crippen MR) is 81.3 cm³/mol. The van der Waals surface area contributed by atoms with Crippen LogP contribution in [0.25, 0.3) is 0 Å². The molecular formula is C16H22N2O3. The molecule has 1 aromatic rings. The van der Waals surface area contributed by atoms with Crippen molar-refractivity contribution in [3.8, 4) is 5.75 Å². The van der Waals surface area contributed by atoms with Crippen LogP contribution >= 0.6 is 0 Å². The highest BCUT2D eigenvalue weighted by Gasteiger charge is 2.37. The van der Waals surface area contributed by atoms with Gasteiger partial charge in [0.25, 0.3) is 0 Å². The number of hydrogen-bond donors (Lipinski definition) is 1. The number of nitrogens with one attached hydrogen (secondary N) is 1. The number of nitrogens with zero attached hydrogens (tertiary/aromatic N) is 1. The third kappa shape index (κ3) is 3.35. The number of benzene rings is 1. The summed E-state index contributed by atoms with van der Waals surface area (Å²) in [7, 11) is 1.59. The summed E-state index contributed by atoms with van der Waals surface area (Å²) in [4.78, 5) is 26.2. The Balaban J connectivity index is 2.09. The molecule has 5 nitrogen and oxygen atoms in total. The molecule has 1 aliphatic rings. The Kier molecular flexibility index (Phi) is 4.83. The largest absolute Gasteiger partial charge is 0.497 e. The fraction of sp³-hybridized carbons (Fsp3) is 0.500. The molecular weight excluding hydrogens is 268 g/mol. The first-order valence-electron chi connectivity index (χ1n) is 7.32. The van der Waals surface area contributed by atoms with Crippen LogP contribution in [0.4, 0.5) is 5.69 Å². The molecule has 1 heterocycles. The van der Waals surface area contributed by atoms with E-state index in [1.54, 1.807) is 12.0 Å². The summed E-state index contributed by atoms with van der Waals surface area (Å²) in [6.07, 6.45) is 1.41. The molecule has 0 aromatic heterocycles. The number of carbonyl (C=O) groups excluding carboxylic acids is 2. The number of anilines is 1. The minimum Gasteiger partial charge on any atom is -0.497 e. The number of hydrogen-bond acceptors (Lipinski definition) is 3. The lowest BCUT2D eigenvalue weighted by molar-refractivity contribution is -0.132. The molecule has 1 fully saturated rings. The molecule has 1 saturated heterocycles. The first kappa shape index (κ1) is 15.4. The van der Waals surface area contributed by atoms with Gasteiger partial charge in [0.2, 0.25) is 11.8 Å². The van der Waals surface area contributed by atoms with Crippen molar-refractivity contribution < 1.29 is 14.3 Å². The van der Waals surface area contributed by atoms with E-state index in [9.17, 15) is 9.59 Å². The van der Waals surface area contributed by atoms with Gasteiger partial charge in [0.1, 0.15) is 11.7 Å². The monoisotopic (exact) mass is 290 g/mol. The molecule has 5 heteroatoms. The van der Waals surface area contributed by atoms with Crippen LogP contribution in [0.15, 0.2) is 24.3 Å². The smallest absolute Gasteiger partial charge is 0.239 e. The Morgan fingerprint density at radius 3 is 2.95 bits per heavy atom. The van der Waals surface area contributed by atoms with E-state index in [1.165, 1.54) is 0 Å². The van der Waals surface area contributed by atoms with E-state index in [4.69, 9.17) is 4.74 Å². The molecule has 2 rings (SSSR count). The summed E-state index contributed by atoms with van der Waals surface area (Å²) in [5, 5.41) is 2.89. The molecule has 1 N–H and O–H groups in total. The standard InChI is InChI=1S/C16H22N2O3/c1-4-11(2)17-15(19)14-8-9-18(16(14)20)12-6-5-7-13(10-12)21-3/h5-7,10-11,14H,4,8-9H2,1-3H3,(H,17,19)/t11-,14+/m0/s1. The molecule has 1 aromatic carbocycles. The number of rotatable bonds is 5. The van der Waals surface area contributed by atoms with Crippen LogP contribution in [0.3, 0.4) is 0 Å². The van der Waals surface area contributed by atoms with Crippen molar-refractivity contribution in [3.05, 3.63) is 24.3 Å². The van der Waals surface area contributed by atoms with Crippen molar-refractivity contribution in [2.45, 2.75) is 32.7 Å². The van der Waals surface area contributed by atoms with Gasteiger partial charge in [-0.1, -0.05) is 13.0 Å². The third-order valence-corrected chi connectivity index (χ3v) is 3.89. The van der Waals surface area contributed by atoms with E-state index in [0.717, 1.165) is 12.1 Å². The van der Waals surface area contributed by atoms with Crippen LogP contribution in [-0.4, -0.2) is 31.5 Å². The maximum atomic E-state index is 12.4. The minimum absolute atomic E-state index is 0.0937. The normalized spacial score (nSPS) is 19.5. The maximum Gasteiger partial charge on any atom is 0.239 e. The third-order valence-electron chi connectivity index (χ3n) is 3.89. The van der Waals surface area contributed by atoms with Crippen LogP contribution < -0.4 is 15.0 Å². The second-order valence-corrected chi connectivity index (χ2v) is 5.35. The van der Waals surface area contributed by atoms with Gasteiger partial charge in [-0.05, 0) is 31.9 Å². The van der Waals surface area contributed by atoms with Gasteiger partial charge in [0.15, 0.2) is 0 Å². The second-order valence-electron chi connectivity index (χ2n) is 5.35. The van der Waals surface area contributed by atoms with Gasteiger partial charge in [-0.3, -0.25) is 9.59 Å². The van der Waals surface area contributed by atoms with E-state index < -0.39 is 5.92 Å². The van der Waals surface area contributed by atoms with E-state index in [1.807, 2.05) is 38.1 Å². The molecule has 0 spiro atoms. The summed E-state index contributed by atoms with van der Waals surface area (Å²) in [5.41, 5.74) is 0.776. The highest BCUT2D eigenvalue weighted by Crippen LogP contribution is 2.28. The maximum absolute atomic E-state index is 12.4. The van der Waals surface area contributed by atoms with Crippen LogP contribution in [0.2, 0.25) is 0 Å². The SMILES string of the molecule is CC[C@H](C)NC(=O)[C@H]1CCN(c2cccc(OC)c2)C1=O. The van der Waals surface area contributed by atoms with E-state index in [-0.39, 0.29) is 17.9 Å². The van der Waals surface area contributed by atoms with Crippen LogP contribution in [0.1, 0.15) is 26.7 Å². The molecule has 0 saturated carbocycles. The van der Waals surface area contributed by atoms with Crippen molar-refractivity contribution in [1.82, 2.24) is 5.32 Å². The van der Waals surface area contributed by atoms with Crippen LogP contribution in [0.5, 0.6) is 5.75 Å². The van der Waals surface area contributed by atoms with Crippen LogP contribution in [0, 0.1) is 5.92 Å². The summed E-state index contributed by atoms with van der Waals surface area (Å²) >= 11 is 0. The van der Waals surface area contributed by atoms with Crippen molar-refractivity contribution in [1.29, 1.82) is 0 Å². The topological polar surface area (TPSA) is 58.6 Å². The van der Waals surface area contributed by atoms with Gasteiger partial charge in [-0.25, -0.2) is 0 Å². The Morgan fingerprint density at radius 1 is 1.52 bits per heavy atom. The Hall–Kier alpha value is -2.04. The fourth-order valence-electron chi connectivity index (χ4n) is 2.40.